The Hall–Kier alpha value is -1.58. The van der Waals surface area contributed by atoms with Crippen molar-refractivity contribution in [3.63, 3.8) is 0 Å². The molecule has 12 heavy (non-hydrogen) atoms. The van der Waals surface area contributed by atoms with Crippen molar-refractivity contribution in [2.24, 2.45) is 0 Å². The monoisotopic (exact) mass is 162 g/mol. The lowest BCUT2D eigenvalue weighted by Crippen LogP contribution is -2.08. The van der Waals surface area contributed by atoms with E-state index in [9.17, 15) is 0 Å². The second-order valence-electron chi connectivity index (χ2n) is 2.64. The number of aromatic nitrogens is 4. The number of H-pyrrole nitrogens is 1. The van der Waals surface area contributed by atoms with Gasteiger partial charge in [-0.2, -0.15) is 5.10 Å². The van der Waals surface area contributed by atoms with Gasteiger partial charge in [-0.3, -0.25) is 4.68 Å². The van der Waals surface area contributed by atoms with Crippen molar-refractivity contribution in [2.45, 2.75) is 13.0 Å². The van der Waals surface area contributed by atoms with Gasteiger partial charge >= 0.3 is 0 Å². The molecule has 0 fully saturated rings. The zero-order chi connectivity index (χ0) is 8.39. The van der Waals surface area contributed by atoms with Crippen LogP contribution in [0, 0.1) is 0 Å². The molecule has 2 heterocycles. The largest absolute Gasteiger partial charge is 0.347 e. The van der Waals surface area contributed by atoms with Gasteiger partial charge in [-0.25, -0.2) is 4.98 Å². The van der Waals surface area contributed by atoms with E-state index in [1.807, 2.05) is 30.1 Å². The lowest BCUT2D eigenvalue weighted by molar-refractivity contribution is 0.541. The molecular formula is C8H10N4. The standard InChI is InChI=1S/C8H10N4/c1-7(8-9-4-5-10-8)12-6-2-3-11-12/h2-7H,1H3,(H,9,10)/t7-/m1/s1. The molecule has 0 aromatic carbocycles. The molecule has 0 aliphatic rings. The topological polar surface area (TPSA) is 46.5 Å². The smallest absolute Gasteiger partial charge is 0.130 e. The third-order valence-electron chi connectivity index (χ3n) is 1.84. The van der Waals surface area contributed by atoms with Crippen molar-refractivity contribution < 1.29 is 0 Å². The van der Waals surface area contributed by atoms with Crippen LogP contribution in [-0.2, 0) is 0 Å². The summed E-state index contributed by atoms with van der Waals surface area (Å²) in [7, 11) is 0. The normalized spacial score (nSPS) is 13.1. The molecule has 0 saturated carbocycles. The Kier molecular flexibility index (Phi) is 1.66. The highest BCUT2D eigenvalue weighted by molar-refractivity contribution is 4.96. The predicted octanol–water partition coefficient (Wildman–Crippen LogP) is 1.22. The molecule has 0 amide bonds. The Bertz CT molecular complexity index is 288. The molecule has 0 aliphatic heterocycles. The molecule has 2 aromatic heterocycles. The van der Waals surface area contributed by atoms with E-state index < -0.39 is 0 Å². The average Bonchev–Trinajstić information content (AvgIpc) is 2.77. The quantitative estimate of drug-likeness (QED) is 0.721. The fourth-order valence-corrected chi connectivity index (χ4v) is 1.14. The Morgan fingerprint density at radius 2 is 2.42 bits per heavy atom. The van der Waals surface area contributed by atoms with Gasteiger partial charge in [-0.05, 0) is 13.0 Å². The van der Waals surface area contributed by atoms with Gasteiger partial charge in [0.05, 0.1) is 0 Å². The molecule has 0 radical (unpaired) electrons. The van der Waals surface area contributed by atoms with E-state index >= 15 is 0 Å². The van der Waals surface area contributed by atoms with Gasteiger partial charge in [0.25, 0.3) is 0 Å². The summed E-state index contributed by atoms with van der Waals surface area (Å²) < 4.78 is 1.86. The molecular weight excluding hydrogens is 152 g/mol. The molecule has 2 rings (SSSR count). The first-order valence-corrected chi connectivity index (χ1v) is 3.86. The van der Waals surface area contributed by atoms with Gasteiger partial charge in [0.2, 0.25) is 0 Å². The average molecular weight is 162 g/mol. The second-order valence-corrected chi connectivity index (χ2v) is 2.64. The van der Waals surface area contributed by atoms with Crippen molar-refractivity contribution in [1.82, 2.24) is 19.7 Å². The van der Waals surface area contributed by atoms with Crippen molar-refractivity contribution in [1.29, 1.82) is 0 Å². The van der Waals surface area contributed by atoms with Gasteiger partial charge in [-0.15, -0.1) is 0 Å². The predicted molar refractivity (Wildman–Crippen MR) is 44.6 cm³/mol. The zero-order valence-corrected chi connectivity index (χ0v) is 6.81. The van der Waals surface area contributed by atoms with Crippen LogP contribution in [0.2, 0.25) is 0 Å². The first-order valence-electron chi connectivity index (χ1n) is 3.86. The minimum atomic E-state index is 0.176. The second kappa shape index (κ2) is 2.81. The lowest BCUT2D eigenvalue weighted by Gasteiger charge is -2.07. The highest BCUT2D eigenvalue weighted by Crippen LogP contribution is 2.10. The van der Waals surface area contributed by atoms with E-state index in [0.717, 1.165) is 5.82 Å². The van der Waals surface area contributed by atoms with E-state index in [1.165, 1.54) is 0 Å². The number of hydrogen-bond acceptors (Lipinski definition) is 2. The number of imidazole rings is 1. The van der Waals surface area contributed by atoms with Gasteiger partial charge in [-0.1, -0.05) is 0 Å². The van der Waals surface area contributed by atoms with Crippen LogP contribution in [0.25, 0.3) is 0 Å². The minimum absolute atomic E-state index is 0.176. The van der Waals surface area contributed by atoms with Crippen LogP contribution in [0.5, 0.6) is 0 Å². The van der Waals surface area contributed by atoms with Crippen LogP contribution in [-0.4, -0.2) is 19.7 Å². The number of nitrogens with zero attached hydrogens (tertiary/aromatic N) is 3. The van der Waals surface area contributed by atoms with Crippen molar-refractivity contribution >= 4 is 0 Å². The van der Waals surface area contributed by atoms with Gasteiger partial charge < -0.3 is 4.98 Å². The SMILES string of the molecule is C[C@H](c1ncc[nH]1)n1cccn1. The van der Waals surface area contributed by atoms with E-state index in [1.54, 1.807) is 12.4 Å². The number of nitrogens with one attached hydrogen (secondary N) is 1. The molecule has 1 atom stereocenters. The zero-order valence-electron chi connectivity index (χ0n) is 6.81. The molecule has 1 N–H and O–H groups in total. The summed E-state index contributed by atoms with van der Waals surface area (Å²) in [4.78, 5) is 7.21. The van der Waals surface area contributed by atoms with Gasteiger partial charge in [0, 0.05) is 24.8 Å². The Labute approximate surface area is 70.3 Å². The fourth-order valence-electron chi connectivity index (χ4n) is 1.14. The first kappa shape index (κ1) is 7.09. The first-order chi connectivity index (χ1) is 5.88. The summed E-state index contributed by atoms with van der Waals surface area (Å²) in [6.45, 7) is 2.05. The maximum absolute atomic E-state index is 4.16. The lowest BCUT2D eigenvalue weighted by atomic mass is 10.3. The fraction of sp³-hybridized carbons (Fsp3) is 0.250. The Morgan fingerprint density at radius 3 is 3.00 bits per heavy atom. The van der Waals surface area contributed by atoms with E-state index in [-0.39, 0.29) is 6.04 Å². The summed E-state index contributed by atoms with van der Waals surface area (Å²) in [5.41, 5.74) is 0. The molecule has 0 aliphatic carbocycles. The van der Waals surface area contributed by atoms with Crippen molar-refractivity contribution in [2.75, 3.05) is 0 Å². The van der Waals surface area contributed by atoms with Crippen LogP contribution in [0.3, 0.4) is 0 Å². The van der Waals surface area contributed by atoms with E-state index in [4.69, 9.17) is 0 Å². The van der Waals surface area contributed by atoms with Gasteiger partial charge in [0.1, 0.15) is 11.9 Å². The summed E-state index contributed by atoms with van der Waals surface area (Å²) in [6.07, 6.45) is 7.25. The molecule has 62 valence electrons. The van der Waals surface area contributed by atoms with Crippen LogP contribution >= 0.6 is 0 Å². The molecule has 4 heteroatoms. The summed E-state index contributed by atoms with van der Waals surface area (Å²) in [5, 5.41) is 4.13. The van der Waals surface area contributed by atoms with Gasteiger partial charge in [0.15, 0.2) is 0 Å². The van der Waals surface area contributed by atoms with Crippen LogP contribution in [0.1, 0.15) is 18.8 Å². The van der Waals surface area contributed by atoms with Crippen LogP contribution in [0.15, 0.2) is 30.9 Å². The Morgan fingerprint density at radius 1 is 1.50 bits per heavy atom. The minimum Gasteiger partial charge on any atom is -0.347 e. The van der Waals surface area contributed by atoms with E-state index in [2.05, 4.69) is 15.1 Å². The molecule has 2 aromatic rings. The number of hydrogen-bond donors (Lipinski definition) is 1. The Balaban J connectivity index is 2.27. The van der Waals surface area contributed by atoms with Crippen molar-refractivity contribution in [3.8, 4) is 0 Å². The molecule has 0 unspecified atom stereocenters. The molecule has 4 nitrogen and oxygen atoms in total. The number of rotatable bonds is 2. The maximum Gasteiger partial charge on any atom is 0.130 e. The summed E-state index contributed by atoms with van der Waals surface area (Å²) in [6, 6.07) is 2.08. The highest BCUT2D eigenvalue weighted by atomic mass is 15.3. The van der Waals surface area contributed by atoms with Crippen molar-refractivity contribution in [3.05, 3.63) is 36.7 Å². The molecule has 0 spiro atoms. The summed E-state index contributed by atoms with van der Waals surface area (Å²) in [5.74, 6) is 0.929. The molecule has 0 saturated heterocycles. The van der Waals surface area contributed by atoms with E-state index in [0.29, 0.717) is 0 Å². The third-order valence-corrected chi connectivity index (χ3v) is 1.84. The third kappa shape index (κ3) is 1.11. The van der Waals surface area contributed by atoms with Crippen LogP contribution < -0.4 is 0 Å². The maximum atomic E-state index is 4.16. The molecule has 0 bridgehead atoms. The summed E-state index contributed by atoms with van der Waals surface area (Å²) >= 11 is 0. The van der Waals surface area contributed by atoms with Crippen LogP contribution in [0.4, 0.5) is 0 Å². The number of aromatic amines is 1. The highest BCUT2D eigenvalue weighted by Gasteiger charge is 2.08.